The predicted molar refractivity (Wildman–Crippen MR) is 119 cm³/mol. The number of methoxy groups -OCH3 is 2. The average molecular weight is 439 g/mol. The number of nitrogens with zero attached hydrogens (tertiary/aromatic N) is 4. The molecule has 0 radical (unpaired) electrons. The summed E-state index contributed by atoms with van der Waals surface area (Å²) < 4.78 is 10.5. The van der Waals surface area contributed by atoms with Gasteiger partial charge in [-0.1, -0.05) is 18.2 Å². The van der Waals surface area contributed by atoms with Gasteiger partial charge in [0.05, 0.1) is 20.3 Å². The first-order chi connectivity index (χ1) is 15.6. The van der Waals surface area contributed by atoms with Gasteiger partial charge in [-0.15, -0.1) is 0 Å². The van der Waals surface area contributed by atoms with Gasteiger partial charge in [0.1, 0.15) is 11.3 Å². The average Bonchev–Trinajstić information content (AvgIpc) is 3.01. The Balaban J connectivity index is 1.51. The van der Waals surface area contributed by atoms with Gasteiger partial charge in [-0.2, -0.15) is 0 Å². The number of amides is 3. The van der Waals surface area contributed by atoms with E-state index < -0.39 is 5.54 Å². The summed E-state index contributed by atoms with van der Waals surface area (Å²) >= 11 is 0. The van der Waals surface area contributed by atoms with Crippen molar-refractivity contribution in [2.24, 2.45) is 0 Å². The summed E-state index contributed by atoms with van der Waals surface area (Å²) in [6.45, 7) is 3.30. The molecule has 0 unspecified atom stereocenters. The van der Waals surface area contributed by atoms with Gasteiger partial charge in [0.15, 0.2) is 0 Å². The van der Waals surface area contributed by atoms with Gasteiger partial charge in [0.2, 0.25) is 0 Å². The zero-order chi connectivity index (χ0) is 22.6. The van der Waals surface area contributed by atoms with Crippen LogP contribution in [-0.2, 0) is 22.6 Å². The van der Waals surface area contributed by atoms with Crippen LogP contribution in [0.15, 0.2) is 48.8 Å². The number of rotatable bonds is 8. The van der Waals surface area contributed by atoms with E-state index in [9.17, 15) is 9.59 Å². The molecule has 0 bridgehead atoms. The standard InChI is InChI=1S/C24H30N4O4/c1-31-14-13-28-23(30)27(18-19-5-3-7-21(15-19)32-2)22(29)24(28)8-11-26(12-9-24)17-20-6-4-10-25-16-20/h3-7,10,15-16H,8-9,11-14,17-18H2,1-2H3. The van der Waals surface area contributed by atoms with Crippen LogP contribution in [0.1, 0.15) is 24.0 Å². The van der Waals surface area contributed by atoms with Crippen LogP contribution in [0.25, 0.3) is 0 Å². The van der Waals surface area contributed by atoms with Crippen LogP contribution in [0.4, 0.5) is 4.79 Å². The molecule has 0 N–H and O–H groups in total. The Morgan fingerprint density at radius 3 is 2.50 bits per heavy atom. The first kappa shape index (κ1) is 22.2. The second kappa shape index (κ2) is 9.67. The Labute approximate surface area is 188 Å². The van der Waals surface area contributed by atoms with Gasteiger partial charge in [0, 0.05) is 45.7 Å². The third-order valence-corrected chi connectivity index (χ3v) is 6.43. The van der Waals surface area contributed by atoms with E-state index in [-0.39, 0.29) is 18.5 Å². The van der Waals surface area contributed by atoms with Crippen molar-refractivity contribution < 1.29 is 19.1 Å². The first-order valence-corrected chi connectivity index (χ1v) is 10.9. The SMILES string of the molecule is COCCN1C(=O)N(Cc2cccc(OC)c2)C(=O)C12CCN(Cc1cccnc1)CC2. The minimum atomic E-state index is -0.806. The fraction of sp³-hybridized carbons (Fsp3) is 0.458. The number of ether oxygens (including phenoxy) is 2. The summed E-state index contributed by atoms with van der Waals surface area (Å²) in [5, 5.41) is 0. The van der Waals surface area contributed by atoms with Gasteiger partial charge >= 0.3 is 6.03 Å². The molecule has 1 spiro atoms. The molecule has 2 saturated heterocycles. The van der Waals surface area contributed by atoms with Crippen LogP contribution in [0.2, 0.25) is 0 Å². The van der Waals surface area contributed by atoms with Crippen molar-refractivity contribution in [3.63, 3.8) is 0 Å². The first-order valence-electron chi connectivity index (χ1n) is 10.9. The predicted octanol–water partition coefficient (Wildman–Crippen LogP) is 2.54. The maximum Gasteiger partial charge on any atom is 0.328 e. The van der Waals surface area contributed by atoms with Crippen molar-refractivity contribution in [1.82, 2.24) is 19.7 Å². The van der Waals surface area contributed by atoms with E-state index in [1.807, 2.05) is 36.5 Å². The van der Waals surface area contributed by atoms with Crippen LogP contribution in [0.5, 0.6) is 5.75 Å². The number of aromatic nitrogens is 1. The van der Waals surface area contributed by atoms with Crippen molar-refractivity contribution in [1.29, 1.82) is 0 Å². The van der Waals surface area contributed by atoms with Crippen LogP contribution in [0.3, 0.4) is 0 Å². The molecule has 1 aromatic carbocycles. The number of benzene rings is 1. The molecule has 170 valence electrons. The molecule has 2 aliphatic heterocycles. The smallest absolute Gasteiger partial charge is 0.328 e. The molecule has 1 aromatic heterocycles. The van der Waals surface area contributed by atoms with E-state index in [4.69, 9.17) is 9.47 Å². The van der Waals surface area contributed by atoms with Crippen molar-refractivity contribution >= 4 is 11.9 Å². The third kappa shape index (κ3) is 4.33. The van der Waals surface area contributed by atoms with Crippen molar-refractivity contribution in [2.75, 3.05) is 40.5 Å². The fourth-order valence-corrected chi connectivity index (χ4v) is 4.68. The number of hydrogen-bond acceptors (Lipinski definition) is 6. The highest BCUT2D eigenvalue weighted by Gasteiger charge is 2.57. The molecule has 4 rings (SSSR count). The van der Waals surface area contributed by atoms with E-state index in [1.54, 1.807) is 25.3 Å². The van der Waals surface area contributed by atoms with Crippen molar-refractivity contribution in [3.05, 3.63) is 59.9 Å². The largest absolute Gasteiger partial charge is 0.497 e. The number of pyridine rings is 1. The van der Waals surface area contributed by atoms with Gasteiger partial charge in [-0.3, -0.25) is 19.6 Å². The van der Waals surface area contributed by atoms with Crippen LogP contribution >= 0.6 is 0 Å². The highest BCUT2D eigenvalue weighted by molar-refractivity contribution is 6.07. The Morgan fingerprint density at radius 1 is 1.03 bits per heavy atom. The quantitative estimate of drug-likeness (QED) is 0.590. The van der Waals surface area contributed by atoms with Crippen LogP contribution in [0, 0.1) is 0 Å². The fourth-order valence-electron chi connectivity index (χ4n) is 4.68. The monoisotopic (exact) mass is 438 g/mol. The number of carbonyl (C=O) groups is 2. The summed E-state index contributed by atoms with van der Waals surface area (Å²) in [4.78, 5) is 36.6. The van der Waals surface area contributed by atoms with Crippen molar-refractivity contribution in [3.8, 4) is 5.75 Å². The summed E-state index contributed by atoms with van der Waals surface area (Å²) in [6.07, 6.45) is 4.85. The molecule has 0 aliphatic carbocycles. The molecule has 32 heavy (non-hydrogen) atoms. The number of hydrogen-bond donors (Lipinski definition) is 0. The molecule has 8 heteroatoms. The number of likely N-dealkylation sites (tertiary alicyclic amines) is 1. The molecular weight excluding hydrogens is 408 g/mol. The van der Waals surface area contributed by atoms with Gasteiger partial charge in [-0.05, 0) is 42.2 Å². The second-order valence-electron chi connectivity index (χ2n) is 8.34. The van der Waals surface area contributed by atoms with E-state index in [1.165, 1.54) is 4.90 Å². The zero-order valence-corrected chi connectivity index (χ0v) is 18.7. The summed E-state index contributed by atoms with van der Waals surface area (Å²) in [5.74, 6) is 0.596. The minimum Gasteiger partial charge on any atom is -0.497 e. The minimum absolute atomic E-state index is 0.109. The summed E-state index contributed by atoms with van der Waals surface area (Å²) in [6, 6.07) is 11.2. The molecule has 2 aromatic rings. The Morgan fingerprint density at radius 2 is 1.81 bits per heavy atom. The van der Waals surface area contributed by atoms with E-state index in [0.717, 1.165) is 30.8 Å². The lowest BCUT2D eigenvalue weighted by atomic mass is 9.85. The highest BCUT2D eigenvalue weighted by atomic mass is 16.5. The molecule has 0 saturated carbocycles. The molecule has 2 fully saturated rings. The van der Waals surface area contributed by atoms with Gasteiger partial charge in [0.25, 0.3) is 5.91 Å². The van der Waals surface area contributed by atoms with Gasteiger partial charge < -0.3 is 14.4 Å². The third-order valence-electron chi connectivity index (χ3n) is 6.43. The van der Waals surface area contributed by atoms with Crippen molar-refractivity contribution in [2.45, 2.75) is 31.5 Å². The normalized spacial score (nSPS) is 18.6. The molecular formula is C24H30N4O4. The number of urea groups is 1. The molecule has 0 atom stereocenters. The Kier molecular flexibility index (Phi) is 6.72. The number of carbonyl (C=O) groups excluding carboxylic acids is 2. The van der Waals surface area contributed by atoms with Crippen LogP contribution < -0.4 is 4.74 Å². The van der Waals surface area contributed by atoms with Crippen LogP contribution in [-0.4, -0.2) is 77.6 Å². The lowest BCUT2D eigenvalue weighted by molar-refractivity contribution is -0.136. The lowest BCUT2D eigenvalue weighted by Gasteiger charge is -2.42. The van der Waals surface area contributed by atoms with Gasteiger partial charge in [-0.25, -0.2) is 4.79 Å². The summed E-state index contributed by atoms with van der Waals surface area (Å²) in [5.41, 5.74) is 1.21. The molecule has 8 nitrogen and oxygen atoms in total. The second-order valence-corrected chi connectivity index (χ2v) is 8.34. The maximum absolute atomic E-state index is 13.7. The van der Waals surface area contributed by atoms with E-state index >= 15 is 0 Å². The topological polar surface area (TPSA) is 75.2 Å². The Bertz CT molecular complexity index is 944. The Hall–Kier alpha value is -2.97. The molecule has 2 aliphatic rings. The summed E-state index contributed by atoms with van der Waals surface area (Å²) in [7, 11) is 3.21. The highest BCUT2D eigenvalue weighted by Crippen LogP contribution is 2.38. The molecule has 3 amide bonds. The number of imide groups is 1. The van der Waals surface area contributed by atoms with E-state index in [0.29, 0.717) is 31.7 Å². The number of piperidine rings is 1. The molecule has 3 heterocycles. The maximum atomic E-state index is 13.7. The lowest BCUT2D eigenvalue weighted by Crippen LogP contribution is -2.57. The zero-order valence-electron chi connectivity index (χ0n) is 18.7. The van der Waals surface area contributed by atoms with E-state index in [2.05, 4.69) is 16.0 Å².